The molecule has 1 atom stereocenters. The van der Waals surface area contributed by atoms with Crippen LogP contribution in [0.1, 0.15) is 20.3 Å². The lowest BCUT2D eigenvalue weighted by Gasteiger charge is -2.14. The van der Waals surface area contributed by atoms with Crippen molar-refractivity contribution in [2.75, 3.05) is 23.8 Å². The lowest BCUT2D eigenvalue weighted by atomic mass is 10.2. The van der Waals surface area contributed by atoms with Crippen molar-refractivity contribution in [3.05, 3.63) is 11.2 Å². The fraction of sp³-hybridized carbons (Fsp3) is 0.600. The number of nitrogens with one attached hydrogen (secondary N) is 2. The van der Waals surface area contributed by atoms with Crippen molar-refractivity contribution >= 4 is 23.4 Å². The second-order valence-electron chi connectivity index (χ2n) is 3.48. The molecule has 1 rings (SSSR count). The molecule has 1 aromatic heterocycles. The minimum Gasteiger partial charge on any atom is -0.396 e. The highest BCUT2D eigenvalue weighted by molar-refractivity contribution is 6.32. The number of aliphatic hydroxyl groups excluding tert-OH is 1. The molecule has 0 aliphatic heterocycles. The molecule has 5 nitrogen and oxygen atoms in total. The highest BCUT2D eigenvalue weighted by atomic mass is 35.5. The highest BCUT2D eigenvalue weighted by Crippen LogP contribution is 2.20. The minimum atomic E-state index is 0.117. The van der Waals surface area contributed by atoms with E-state index in [0.29, 0.717) is 23.2 Å². The molecular weight excluding hydrogens is 228 g/mol. The van der Waals surface area contributed by atoms with Gasteiger partial charge in [-0.2, -0.15) is 4.98 Å². The molecule has 0 saturated heterocycles. The molecule has 0 bridgehead atoms. The first kappa shape index (κ1) is 13.0. The lowest BCUT2D eigenvalue weighted by Crippen LogP contribution is -2.18. The summed E-state index contributed by atoms with van der Waals surface area (Å²) >= 11 is 5.96. The number of aliphatic hydroxyl groups is 1. The SMILES string of the molecule is CCNc1ncc(Cl)c(NC(C)CCO)n1. The monoisotopic (exact) mass is 244 g/mol. The van der Waals surface area contributed by atoms with Gasteiger partial charge in [-0.25, -0.2) is 4.98 Å². The van der Waals surface area contributed by atoms with E-state index in [-0.39, 0.29) is 12.6 Å². The second-order valence-corrected chi connectivity index (χ2v) is 3.89. The maximum atomic E-state index is 8.80. The average Bonchev–Trinajstić information content (AvgIpc) is 2.24. The Morgan fingerprint density at radius 1 is 1.56 bits per heavy atom. The molecule has 0 aliphatic rings. The Hall–Kier alpha value is -1.07. The Balaban J connectivity index is 2.73. The number of hydrogen-bond donors (Lipinski definition) is 3. The third-order valence-electron chi connectivity index (χ3n) is 2.02. The molecule has 1 unspecified atom stereocenters. The van der Waals surface area contributed by atoms with Gasteiger partial charge in [0.2, 0.25) is 5.95 Å². The van der Waals surface area contributed by atoms with Gasteiger partial charge in [-0.05, 0) is 20.3 Å². The predicted octanol–water partition coefficient (Wildman–Crippen LogP) is 1.74. The number of halogens is 1. The maximum absolute atomic E-state index is 8.80. The van der Waals surface area contributed by atoms with Crippen LogP contribution in [-0.4, -0.2) is 34.3 Å². The predicted molar refractivity (Wildman–Crippen MR) is 66.0 cm³/mol. The molecule has 1 aromatic rings. The van der Waals surface area contributed by atoms with Crippen LogP contribution in [-0.2, 0) is 0 Å². The van der Waals surface area contributed by atoms with Crippen molar-refractivity contribution in [3.63, 3.8) is 0 Å². The van der Waals surface area contributed by atoms with Crippen molar-refractivity contribution in [1.82, 2.24) is 9.97 Å². The van der Waals surface area contributed by atoms with Crippen molar-refractivity contribution in [3.8, 4) is 0 Å². The summed E-state index contributed by atoms with van der Waals surface area (Å²) < 4.78 is 0. The Kier molecular flexibility index (Phi) is 5.28. The second kappa shape index (κ2) is 6.50. The maximum Gasteiger partial charge on any atom is 0.224 e. The highest BCUT2D eigenvalue weighted by Gasteiger charge is 2.08. The van der Waals surface area contributed by atoms with Crippen LogP contribution in [0.15, 0.2) is 6.20 Å². The molecule has 3 N–H and O–H groups in total. The standard InChI is InChI=1S/C10H17ClN4O/c1-3-12-10-13-6-8(11)9(15-10)14-7(2)4-5-16/h6-7,16H,3-5H2,1-2H3,(H2,12,13,14,15). The number of nitrogens with zero attached hydrogens (tertiary/aromatic N) is 2. The van der Waals surface area contributed by atoms with Crippen LogP contribution >= 0.6 is 11.6 Å². The van der Waals surface area contributed by atoms with Crippen molar-refractivity contribution in [2.45, 2.75) is 26.3 Å². The first-order valence-electron chi connectivity index (χ1n) is 5.31. The molecule has 90 valence electrons. The number of rotatable bonds is 6. The van der Waals surface area contributed by atoms with Gasteiger partial charge >= 0.3 is 0 Å². The molecule has 0 aliphatic carbocycles. The minimum absolute atomic E-state index is 0.117. The van der Waals surface area contributed by atoms with Crippen LogP contribution in [0, 0.1) is 0 Å². The van der Waals surface area contributed by atoms with Crippen LogP contribution in [0.5, 0.6) is 0 Å². The smallest absolute Gasteiger partial charge is 0.224 e. The molecule has 1 heterocycles. The molecule has 6 heteroatoms. The normalized spacial score (nSPS) is 12.2. The fourth-order valence-corrected chi connectivity index (χ4v) is 1.36. The quantitative estimate of drug-likeness (QED) is 0.711. The average molecular weight is 245 g/mol. The van der Waals surface area contributed by atoms with E-state index in [4.69, 9.17) is 16.7 Å². The van der Waals surface area contributed by atoms with Crippen LogP contribution < -0.4 is 10.6 Å². The van der Waals surface area contributed by atoms with Gasteiger partial charge in [0.25, 0.3) is 0 Å². The molecule has 16 heavy (non-hydrogen) atoms. The number of hydrogen-bond acceptors (Lipinski definition) is 5. The van der Waals surface area contributed by atoms with Gasteiger partial charge in [0.05, 0.1) is 6.20 Å². The summed E-state index contributed by atoms with van der Waals surface area (Å²) in [5.74, 6) is 1.14. The van der Waals surface area contributed by atoms with Crippen LogP contribution in [0.3, 0.4) is 0 Å². The molecule has 0 spiro atoms. The molecule has 0 aromatic carbocycles. The first-order valence-corrected chi connectivity index (χ1v) is 5.69. The summed E-state index contributed by atoms with van der Waals surface area (Å²) in [5, 5.41) is 15.4. The van der Waals surface area contributed by atoms with Gasteiger partial charge in [0, 0.05) is 19.2 Å². The van der Waals surface area contributed by atoms with Crippen LogP contribution in [0.4, 0.5) is 11.8 Å². The van der Waals surface area contributed by atoms with Gasteiger partial charge in [0.15, 0.2) is 5.82 Å². The summed E-state index contributed by atoms with van der Waals surface area (Å²) in [4.78, 5) is 8.28. The summed E-state index contributed by atoms with van der Waals surface area (Å²) in [6.07, 6.45) is 2.21. The zero-order valence-electron chi connectivity index (χ0n) is 9.50. The van der Waals surface area contributed by atoms with Gasteiger partial charge in [-0.15, -0.1) is 0 Å². The van der Waals surface area contributed by atoms with Crippen molar-refractivity contribution in [2.24, 2.45) is 0 Å². The van der Waals surface area contributed by atoms with E-state index in [1.54, 1.807) is 6.20 Å². The van der Waals surface area contributed by atoms with Gasteiger partial charge in [0.1, 0.15) is 5.02 Å². The van der Waals surface area contributed by atoms with Gasteiger partial charge in [-0.3, -0.25) is 0 Å². The van der Waals surface area contributed by atoms with E-state index >= 15 is 0 Å². The Labute approximate surface area is 100 Å². The molecule has 0 saturated carbocycles. The third-order valence-corrected chi connectivity index (χ3v) is 2.30. The van der Waals surface area contributed by atoms with Crippen LogP contribution in [0.25, 0.3) is 0 Å². The Morgan fingerprint density at radius 2 is 2.31 bits per heavy atom. The summed E-state index contributed by atoms with van der Waals surface area (Å²) in [7, 11) is 0. The molecule has 0 amide bonds. The summed E-state index contributed by atoms with van der Waals surface area (Å²) in [6, 6.07) is 0.117. The summed E-state index contributed by atoms with van der Waals surface area (Å²) in [5.41, 5.74) is 0. The van der Waals surface area contributed by atoms with E-state index in [9.17, 15) is 0 Å². The van der Waals surface area contributed by atoms with E-state index in [2.05, 4.69) is 20.6 Å². The number of anilines is 2. The third kappa shape index (κ3) is 3.83. The zero-order valence-corrected chi connectivity index (χ0v) is 10.3. The van der Waals surface area contributed by atoms with Gasteiger partial charge < -0.3 is 15.7 Å². The topological polar surface area (TPSA) is 70.1 Å². The van der Waals surface area contributed by atoms with E-state index < -0.39 is 0 Å². The lowest BCUT2D eigenvalue weighted by molar-refractivity contribution is 0.282. The molecule has 0 radical (unpaired) electrons. The summed E-state index contributed by atoms with van der Waals surface area (Å²) in [6.45, 7) is 4.82. The van der Waals surface area contributed by atoms with Crippen molar-refractivity contribution < 1.29 is 5.11 Å². The Bertz CT molecular complexity index is 335. The molecular formula is C10H17ClN4O. The van der Waals surface area contributed by atoms with Crippen molar-refractivity contribution in [1.29, 1.82) is 0 Å². The van der Waals surface area contributed by atoms with Gasteiger partial charge in [-0.1, -0.05) is 11.6 Å². The fourth-order valence-electron chi connectivity index (χ4n) is 1.21. The van der Waals surface area contributed by atoms with E-state index in [1.807, 2.05) is 13.8 Å². The first-order chi connectivity index (χ1) is 7.67. The van der Waals surface area contributed by atoms with E-state index in [1.165, 1.54) is 0 Å². The van der Waals surface area contributed by atoms with Crippen LogP contribution in [0.2, 0.25) is 5.02 Å². The Morgan fingerprint density at radius 3 is 2.94 bits per heavy atom. The zero-order chi connectivity index (χ0) is 12.0. The molecule has 0 fully saturated rings. The largest absolute Gasteiger partial charge is 0.396 e. The van der Waals surface area contributed by atoms with E-state index in [0.717, 1.165) is 6.54 Å². The number of aromatic nitrogens is 2.